The fourth-order valence-electron chi connectivity index (χ4n) is 4.56. The van der Waals surface area contributed by atoms with E-state index < -0.39 is 0 Å². The van der Waals surface area contributed by atoms with Crippen LogP contribution in [0.3, 0.4) is 0 Å². The zero-order valence-electron chi connectivity index (χ0n) is 14.1. The Labute approximate surface area is 131 Å². The Morgan fingerprint density at radius 2 is 1.19 bits per heavy atom. The molecule has 1 heterocycles. The second kappa shape index (κ2) is 7.46. The fourth-order valence-corrected chi connectivity index (χ4v) is 4.56. The smallest absolute Gasteiger partial charge is 0.157 e. The molecule has 3 fully saturated rings. The van der Waals surface area contributed by atoms with Gasteiger partial charge in [0.25, 0.3) is 0 Å². The maximum absolute atomic E-state index is 6.08. The average molecular weight is 294 g/mol. The highest BCUT2D eigenvalue weighted by Gasteiger charge is 2.32. The van der Waals surface area contributed by atoms with Gasteiger partial charge in [-0.3, -0.25) is 0 Å². The Morgan fingerprint density at radius 1 is 0.667 bits per heavy atom. The summed E-state index contributed by atoms with van der Waals surface area (Å²) in [6.45, 7) is 6.68. The van der Waals surface area contributed by atoms with E-state index in [2.05, 4.69) is 13.8 Å². The van der Waals surface area contributed by atoms with Crippen LogP contribution >= 0.6 is 0 Å². The Hall–Kier alpha value is -0.0800. The van der Waals surface area contributed by atoms with Crippen molar-refractivity contribution in [2.24, 2.45) is 29.6 Å². The van der Waals surface area contributed by atoms with Gasteiger partial charge in [0.1, 0.15) is 0 Å². The highest BCUT2D eigenvalue weighted by molar-refractivity contribution is 4.79. The lowest BCUT2D eigenvalue weighted by molar-refractivity contribution is -0.217. The molecule has 1 aliphatic heterocycles. The predicted octanol–water partition coefficient (Wildman–Crippen LogP) is 5.02. The van der Waals surface area contributed by atoms with Gasteiger partial charge in [-0.15, -0.1) is 0 Å². The van der Waals surface area contributed by atoms with Crippen LogP contribution in [-0.4, -0.2) is 19.5 Å². The van der Waals surface area contributed by atoms with Crippen LogP contribution in [0, 0.1) is 29.6 Å². The lowest BCUT2D eigenvalue weighted by Crippen LogP contribution is -2.38. The molecule has 1 saturated heterocycles. The van der Waals surface area contributed by atoms with E-state index in [1.165, 1.54) is 51.4 Å². The molecule has 122 valence electrons. The van der Waals surface area contributed by atoms with Crippen LogP contribution < -0.4 is 0 Å². The highest BCUT2D eigenvalue weighted by Crippen LogP contribution is 2.37. The quantitative estimate of drug-likeness (QED) is 0.727. The minimum atomic E-state index is 0.0992. The summed E-state index contributed by atoms with van der Waals surface area (Å²) in [5.74, 6) is 4.25. The van der Waals surface area contributed by atoms with Crippen molar-refractivity contribution in [2.45, 2.75) is 77.9 Å². The molecule has 2 heteroatoms. The van der Waals surface area contributed by atoms with Crippen molar-refractivity contribution in [1.29, 1.82) is 0 Å². The van der Waals surface area contributed by atoms with Crippen molar-refractivity contribution in [3.8, 4) is 0 Å². The van der Waals surface area contributed by atoms with E-state index in [0.29, 0.717) is 5.92 Å². The van der Waals surface area contributed by atoms with Crippen LogP contribution in [0.15, 0.2) is 0 Å². The van der Waals surface area contributed by atoms with Gasteiger partial charge in [-0.2, -0.15) is 0 Å². The molecule has 0 amide bonds. The largest absolute Gasteiger partial charge is 0.352 e. The summed E-state index contributed by atoms with van der Waals surface area (Å²) in [4.78, 5) is 0. The zero-order valence-corrected chi connectivity index (χ0v) is 14.1. The fraction of sp³-hybridized carbons (Fsp3) is 1.00. The molecular weight excluding hydrogens is 260 g/mol. The monoisotopic (exact) mass is 294 g/mol. The van der Waals surface area contributed by atoms with Gasteiger partial charge >= 0.3 is 0 Å². The first-order chi connectivity index (χ1) is 10.2. The molecule has 2 saturated carbocycles. The molecular formula is C19H34O2. The molecule has 2 aliphatic carbocycles. The topological polar surface area (TPSA) is 18.5 Å². The third-order valence-electron chi connectivity index (χ3n) is 6.38. The Bertz CT molecular complexity index is 293. The standard InChI is InChI=1S/C19H34O2/c1-14-3-7-16(8-4-14)11-19-20-12-18(13-21-19)17-9-5-15(2)6-10-17/h14-19H,3-13H2,1-2H3. The first kappa shape index (κ1) is 15.8. The Morgan fingerprint density at radius 3 is 1.76 bits per heavy atom. The van der Waals surface area contributed by atoms with E-state index in [9.17, 15) is 0 Å². The molecule has 0 spiro atoms. The SMILES string of the molecule is CC1CCC(CC2OCC(C3CCC(C)CC3)CO2)CC1. The van der Waals surface area contributed by atoms with Crippen molar-refractivity contribution in [1.82, 2.24) is 0 Å². The third-order valence-corrected chi connectivity index (χ3v) is 6.38. The van der Waals surface area contributed by atoms with Crippen LogP contribution in [0.5, 0.6) is 0 Å². The zero-order chi connectivity index (χ0) is 14.7. The summed E-state index contributed by atoms with van der Waals surface area (Å²) < 4.78 is 12.2. The van der Waals surface area contributed by atoms with Gasteiger partial charge in [0.2, 0.25) is 0 Å². The number of rotatable bonds is 3. The summed E-state index contributed by atoms with van der Waals surface area (Å²) in [5.41, 5.74) is 0. The Balaban J connectivity index is 1.37. The lowest BCUT2D eigenvalue weighted by atomic mass is 9.76. The van der Waals surface area contributed by atoms with E-state index in [1.807, 2.05) is 0 Å². The molecule has 0 unspecified atom stereocenters. The van der Waals surface area contributed by atoms with E-state index in [0.717, 1.165) is 43.3 Å². The third kappa shape index (κ3) is 4.45. The van der Waals surface area contributed by atoms with Crippen molar-refractivity contribution in [3.05, 3.63) is 0 Å². The van der Waals surface area contributed by atoms with Gasteiger partial charge in [-0.1, -0.05) is 52.4 Å². The molecule has 3 rings (SSSR count). The van der Waals surface area contributed by atoms with Gasteiger partial charge in [0.05, 0.1) is 13.2 Å². The van der Waals surface area contributed by atoms with E-state index >= 15 is 0 Å². The maximum Gasteiger partial charge on any atom is 0.157 e. The molecule has 0 radical (unpaired) electrons. The number of ether oxygens (including phenoxy) is 2. The summed E-state index contributed by atoms with van der Waals surface area (Å²) in [6, 6.07) is 0. The van der Waals surface area contributed by atoms with E-state index in [-0.39, 0.29) is 6.29 Å². The van der Waals surface area contributed by atoms with Crippen LogP contribution in [0.4, 0.5) is 0 Å². The van der Waals surface area contributed by atoms with Crippen molar-refractivity contribution < 1.29 is 9.47 Å². The molecule has 0 bridgehead atoms. The Kier molecular flexibility index (Phi) is 5.61. The highest BCUT2D eigenvalue weighted by atomic mass is 16.7. The molecule has 0 aromatic rings. The summed E-state index contributed by atoms with van der Waals surface area (Å²) in [6.07, 6.45) is 12.4. The number of hydrogen-bond acceptors (Lipinski definition) is 2. The van der Waals surface area contributed by atoms with Crippen molar-refractivity contribution in [3.63, 3.8) is 0 Å². The molecule has 3 aliphatic rings. The molecule has 21 heavy (non-hydrogen) atoms. The van der Waals surface area contributed by atoms with Crippen molar-refractivity contribution >= 4 is 0 Å². The molecule has 0 atom stereocenters. The number of hydrogen-bond donors (Lipinski definition) is 0. The molecule has 2 nitrogen and oxygen atoms in total. The van der Waals surface area contributed by atoms with Crippen LogP contribution in [0.25, 0.3) is 0 Å². The van der Waals surface area contributed by atoms with Crippen molar-refractivity contribution in [2.75, 3.05) is 13.2 Å². The first-order valence-corrected chi connectivity index (χ1v) is 9.44. The normalized spacial score (nSPS) is 45.4. The minimum absolute atomic E-state index is 0.0992. The summed E-state index contributed by atoms with van der Waals surface area (Å²) in [5, 5.41) is 0. The van der Waals surface area contributed by atoms with Crippen LogP contribution in [0.1, 0.15) is 71.6 Å². The van der Waals surface area contributed by atoms with Gasteiger partial charge < -0.3 is 9.47 Å². The van der Waals surface area contributed by atoms with Crippen LogP contribution in [0.2, 0.25) is 0 Å². The van der Waals surface area contributed by atoms with Gasteiger partial charge in [-0.25, -0.2) is 0 Å². The summed E-state index contributed by atoms with van der Waals surface area (Å²) in [7, 11) is 0. The van der Waals surface area contributed by atoms with Gasteiger partial charge in [0.15, 0.2) is 6.29 Å². The minimum Gasteiger partial charge on any atom is -0.352 e. The second-order valence-electron chi connectivity index (χ2n) is 8.24. The van der Waals surface area contributed by atoms with Gasteiger partial charge in [-0.05, 0) is 36.5 Å². The summed E-state index contributed by atoms with van der Waals surface area (Å²) >= 11 is 0. The average Bonchev–Trinajstić information content (AvgIpc) is 2.51. The molecule has 0 N–H and O–H groups in total. The second-order valence-corrected chi connectivity index (χ2v) is 8.24. The van der Waals surface area contributed by atoms with Crippen LogP contribution in [-0.2, 0) is 9.47 Å². The maximum atomic E-state index is 6.08. The van der Waals surface area contributed by atoms with E-state index in [1.54, 1.807) is 0 Å². The predicted molar refractivity (Wildman–Crippen MR) is 86.0 cm³/mol. The van der Waals surface area contributed by atoms with E-state index in [4.69, 9.17) is 9.47 Å². The lowest BCUT2D eigenvalue weighted by Gasteiger charge is -2.38. The molecule has 0 aromatic carbocycles. The first-order valence-electron chi connectivity index (χ1n) is 9.44. The van der Waals surface area contributed by atoms with Gasteiger partial charge in [0, 0.05) is 12.3 Å². The molecule has 0 aromatic heterocycles.